The van der Waals surface area contributed by atoms with Crippen molar-refractivity contribution in [2.45, 2.75) is 40.2 Å². The van der Waals surface area contributed by atoms with Gasteiger partial charge in [-0.3, -0.25) is 0 Å². The fraction of sp³-hybridized carbons (Fsp3) is 0.714. The van der Waals surface area contributed by atoms with E-state index < -0.39 is 0 Å². The molecule has 0 aromatic carbocycles. The molecule has 1 atom stereocenters. The van der Waals surface area contributed by atoms with Crippen molar-refractivity contribution >= 4 is 0 Å². The second-order valence-electron chi connectivity index (χ2n) is 5.21. The first-order valence-electron chi connectivity index (χ1n) is 6.58. The van der Waals surface area contributed by atoms with Crippen LogP contribution in [0.3, 0.4) is 0 Å². The highest BCUT2D eigenvalue weighted by molar-refractivity contribution is 5.04. The van der Waals surface area contributed by atoms with Gasteiger partial charge >= 0.3 is 0 Å². The van der Waals surface area contributed by atoms with Crippen molar-refractivity contribution in [1.82, 2.24) is 5.32 Å². The minimum Gasteiger partial charge on any atom is -0.465 e. The molecule has 0 aliphatic carbocycles. The van der Waals surface area contributed by atoms with Crippen LogP contribution in [0.25, 0.3) is 0 Å². The van der Waals surface area contributed by atoms with E-state index in [-0.39, 0.29) is 0 Å². The standard InChI is InChI=1S/C14H26N2O/c1-11(2)8-13(9-15)6-7-16-10-14-5-4-12(3)17-14/h4-5,11,13,16H,6-10,15H2,1-3H3. The Morgan fingerprint density at radius 1 is 1.35 bits per heavy atom. The minimum absolute atomic E-state index is 0.640. The van der Waals surface area contributed by atoms with E-state index in [9.17, 15) is 0 Å². The molecule has 0 spiro atoms. The van der Waals surface area contributed by atoms with E-state index in [0.717, 1.165) is 43.5 Å². The first kappa shape index (κ1) is 14.3. The molecule has 0 fully saturated rings. The zero-order chi connectivity index (χ0) is 12.7. The van der Waals surface area contributed by atoms with Crippen molar-refractivity contribution in [3.05, 3.63) is 23.7 Å². The van der Waals surface area contributed by atoms with Crippen molar-refractivity contribution in [3.8, 4) is 0 Å². The van der Waals surface area contributed by atoms with E-state index in [0.29, 0.717) is 5.92 Å². The maximum atomic E-state index is 5.77. The Morgan fingerprint density at radius 2 is 2.12 bits per heavy atom. The molecular formula is C14H26N2O. The van der Waals surface area contributed by atoms with E-state index in [2.05, 4.69) is 19.2 Å². The van der Waals surface area contributed by atoms with Crippen LogP contribution in [-0.2, 0) is 6.54 Å². The fourth-order valence-corrected chi connectivity index (χ4v) is 2.10. The largest absolute Gasteiger partial charge is 0.465 e. The summed E-state index contributed by atoms with van der Waals surface area (Å²) in [5.74, 6) is 3.36. The predicted octanol–water partition coefficient (Wildman–Crippen LogP) is 2.69. The van der Waals surface area contributed by atoms with Crippen molar-refractivity contribution in [1.29, 1.82) is 0 Å². The van der Waals surface area contributed by atoms with Crippen molar-refractivity contribution < 1.29 is 4.42 Å². The molecule has 0 amide bonds. The van der Waals surface area contributed by atoms with Gasteiger partial charge in [-0.2, -0.15) is 0 Å². The highest BCUT2D eigenvalue weighted by Gasteiger charge is 2.08. The molecule has 1 unspecified atom stereocenters. The number of aryl methyl sites for hydroxylation is 1. The number of rotatable bonds is 8. The zero-order valence-electron chi connectivity index (χ0n) is 11.3. The molecule has 98 valence electrons. The summed E-state index contributed by atoms with van der Waals surface area (Å²) in [6.45, 7) is 9.08. The Bertz CT molecular complexity index is 307. The summed E-state index contributed by atoms with van der Waals surface area (Å²) in [7, 11) is 0. The Kier molecular flexibility index (Phi) is 6.30. The van der Waals surface area contributed by atoms with Crippen LogP contribution in [-0.4, -0.2) is 13.1 Å². The zero-order valence-corrected chi connectivity index (χ0v) is 11.3. The number of nitrogens with one attached hydrogen (secondary N) is 1. The number of furan rings is 1. The van der Waals surface area contributed by atoms with Gasteiger partial charge in [-0.05, 0) is 56.8 Å². The van der Waals surface area contributed by atoms with Gasteiger partial charge in [0.1, 0.15) is 11.5 Å². The number of nitrogens with two attached hydrogens (primary N) is 1. The molecule has 3 N–H and O–H groups in total. The first-order valence-corrected chi connectivity index (χ1v) is 6.58. The quantitative estimate of drug-likeness (QED) is 0.685. The smallest absolute Gasteiger partial charge is 0.117 e. The highest BCUT2D eigenvalue weighted by atomic mass is 16.3. The molecule has 0 bridgehead atoms. The second-order valence-corrected chi connectivity index (χ2v) is 5.21. The average molecular weight is 238 g/mol. The molecule has 0 aliphatic heterocycles. The lowest BCUT2D eigenvalue weighted by atomic mass is 9.94. The van der Waals surface area contributed by atoms with Gasteiger partial charge in [0, 0.05) is 0 Å². The molecule has 1 aromatic rings. The maximum absolute atomic E-state index is 5.77. The van der Waals surface area contributed by atoms with Gasteiger partial charge in [-0.1, -0.05) is 13.8 Å². The van der Waals surface area contributed by atoms with Crippen LogP contribution in [0.5, 0.6) is 0 Å². The van der Waals surface area contributed by atoms with E-state index in [4.69, 9.17) is 10.2 Å². The summed E-state index contributed by atoms with van der Waals surface area (Å²) >= 11 is 0. The van der Waals surface area contributed by atoms with Gasteiger partial charge in [-0.25, -0.2) is 0 Å². The molecular weight excluding hydrogens is 212 g/mol. The van der Waals surface area contributed by atoms with Gasteiger partial charge in [0.15, 0.2) is 0 Å². The summed E-state index contributed by atoms with van der Waals surface area (Å²) in [5.41, 5.74) is 5.77. The van der Waals surface area contributed by atoms with E-state index >= 15 is 0 Å². The Balaban J connectivity index is 2.14. The molecule has 1 aromatic heterocycles. The van der Waals surface area contributed by atoms with E-state index in [1.165, 1.54) is 6.42 Å². The average Bonchev–Trinajstić information content (AvgIpc) is 2.68. The van der Waals surface area contributed by atoms with E-state index in [1.54, 1.807) is 0 Å². The van der Waals surface area contributed by atoms with Crippen LogP contribution in [0.2, 0.25) is 0 Å². The minimum atomic E-state index is 0.640. The first-order chi connectivity index (χ1) is 8.11. The third-order valence-corrected chi connectivity index (χ3v) is 2.96. The Hall–Kier alpha value is -0.800. The molecule has 3 heteroatoms. The maximum Gasteiger partial charge on any atom is 0.117 e. The molecule has 0 aliphatic rings. The summed E-state index contributed by atoms with van der Waals surface area (Å²) in [4.78, 5) is 0. The van der Waals surface area contributed by atoms with Crippen molar-refractivity contribution in [2.75, 3.05) is 13.1 Å². The van der Waals surface area contributed by atoms with Crippen molar-refractivity contribution in [3.63, 3.8) is 0 Å². The third kappa shape index (κ3) is 5.89. The predicted molar refractivity (Wildman–Crippen MR) is 71.8 cm³/mol. The van der Waals surface area contributed by atoms with Gasteiger partial charge < -0.3 is 15.5 Å². The number of hydrogen-bond acceptors (Lipinski definition) is 3. The third-order valence-electron chi connectivity index (χ3n) is 2.96. The summed E-state index contributed by atoms with van der Waals surface area (Å²) < 4.78 is 5.49. The van der Waals surface area contributed by atoms with Crippen LogP contribution in [0.1, 0.15) is 38.2 Å². The summed E-state index contributed by atoms with van der Waals surface area (Å²) in [5, 5.41) is 3.40. The van der Waals surface area contributed by atoms with Gasteiger partial charge in [-0.15, -0.1) is 0 Å². The molecule has 17 heavy (non-hydrogen) atoms. The second kappa shape index (κ2) is 7.51. The van der Waals surface area contributed by atoms with Crippen molar-refractivity contribution in [2.24, 2.45) is 17.6 Å². The monoisotopic (exact) mass is 238 g/mol. The van der Waals surface area contributed by atoms with Crippen LogP contribution in [0.15, 0.2) is 16.5 Å². The number of hydrogen-bond donors (Lipinski definition) is 2. The van der Waals surface area contributed by atoms with E-state index in [1.807, 2.05) is 19.1 Å². The lowest BCUT2D eigenvalue weighted by Gasteiger charge is -2.16. The molecule has 1 rings (SSSR count). The fourth-order valence-electron chi connectivity index (χ4n) is 2.10. The molecule has 0 saturated heterocycles. The lowest BCUT2D eigenvalue weighted by molar-refractivity contribution is 0.379. The van der Waals surface area contributed by atoms with Crippen LogP contribution in [0, 0.1) is 18.8 Å². The van der Waals surface area contributed by atoms with Gasteiger partial charge in [0.2, 0.25) is 0 Å². The topological polar surface area (TPSA) is 51.2 Å². The highest BCUT2D eigenvalue weighted by Crippen LogP contribution is 2.13. The van der Waals surface area contributed by atoms with Gasteiger partial charge in [0.05, 0.1) is 6.54 Å². The molecule has 0 radical (unpaired) electrons. The van der Waals surface area contributed by atoms with Crippen LogP contribution in [0.4, 0.5) is 0 Å². The van der Waals surface area contributed by atoms with Gasteiger partial charge in [0.25, 0.3) is 0 Å². The molecule has 3 nitrogen and oxygen atoms in total. The lowest BCUT2D eigenvalue weighted by Crippen LogP contribution is -2.23. The Labute approximate surface area is 105 Å². The normalized spacial score (nSPS) is 13.2. The summed E-state index contributed by atoms with van der Waals surface area (Å²) in [6, 6.07) is 4.02. The Morgan fingerprint density at radius 3 is 2.65 bits per heavy atom. The van der Waals surface area contributed by atoms with Crippen LogP contribution < -0.4 is 11.1 Å². The molecule has 0 saturated carbocycles. The molecule has 1 heterocycles. The van der Waals surface area contributed by atoms with Crippen LogP contribution >= 0.6 is 0 Å². The summed E-state index contributed by atoms with van der Waals surface area (Å²) in [6.07, 6.45) is 2.37. The SMILES string of the molecule is Cc1ccc(CNCCC(CN)CC(C)C)o1.